The van der Waals surface area contributed by atoms with Crippen molar-refractivity contribution in [2.45, 2.75) is 0 Å². The Balaban J connectivity index is 2.89. The van der Waals surface area contributed by atoms with Crippen molar-refractivity contribution in [2.24, 2.45) is 0 Å². The van der Waals surface area contributed by atoms with Gasteiger partial charge >= 0.3 is 0 Å². The molecule has 8 heteroatoms. The molecule has 0 bridgehead atoms. The van der Waals surface area contributed by atoms with E-state index >= 15 is 0 Å². The zero-order chi connectivity index (χ0) is 8.27. The Morgan fingerprint density at radius 2 is 1.73 bits per heavy atom. The Bertz CT molecular complexity index is 233. The minimum Gasteiger partial charge on any atom is -0.368 e. The third kappa shape index (κ3) is 2.09. The van der Waals surface area contributed by atoms with Crippen LogP contribution >= 0.6 is 12.2 Å². The molecule has 7 nitrogen and oxygen atoms in total. The molecule has 0 atom stereocenters. The number of anilines is 3. The second-order valence-electron chi connectivity index (χ2n) is 1.57. The molecule has 0 amide bonds. The third-order valence-electron chi connectivity index (χ3n) is 0.807. The summed E-state index contributed by atoms with van der Waals surface area (Å²) in [6.07, 6.45) is 0. The summed E-state index contributed by atoms with van der Waals surface area (Å²) in [5, 5.41) is 0. The quantitative estimate of drug-likeness (QED) is 0.352. The Hall–Kier alpha value is -1.28. The van der Waals surface area contributed by atoms with Gasteiger partial charge in [-0.25, -0.2) is 0 Å². The first-order chi connectivity index (χ1) is 5.22. The van der Waals surface area contributed by atoms with E-state index in [2.05, 4.69) is 19.7 Å². The fraction of sp³-hybridized carbons (Fsp3) is 0. The SMILES string of the molecule is Nc1nc(N)nc(NSO)n1. The van der Waals surface area contributed by atoms with E-state index in [0.717, 1.165) is 0 Å². The van der Waals surface area contributed by atoms with E-state index in [0.29, 0.717) is 12.2 Å². The van der Waals surface area contributed by atoms with Crippen LogP contribution in [0.4, 0.5) is 17.8 Å². The number of rotatable bonds is 2. The molecule has 11 heavy (non-hydrogen) atoms. The molecule has 0 aliphatic heterocycles. The fourth-order valence-corrected chi connectivity index (χ4v) is 0.669. The maximum Gasteiger partial charge on any atom is 0.241 e. The van der Waals surface area contributed by atoms with Gasteiger partial charge in [0.05, 0.1) is 0 Å². The zero-order valence-corrected chi connectivity index (χ0v) is 6.17. The van der Waals surface area contributed by atoms with Crippen molar-refractivity contribution in [1.82, 2.24) is 15.0 Å². The van der Waals surface area contributed by atoms with Crippen LogP contribution in [0.2, 0.25) is 0 Å². The van der Waals surface area contributed by atoms with E-state index in [1.807, 2.05) is 0 Å². The number of nitrogens with one attached hydrogen (secondary N) is 1. The molecule has 0 spiro atoms. The summed E-state index contributed by atoms with van der Waals surface area (Å²) < 4.78 is 10.7. The van der Waals surface area contributed by atoms with Gasteiger partial charge in [0, 0.05) is 0 Å². The van der Waals surface area contributed by atoms with Gasteiger partial charge in [-0.15, -0.1) is 0 Å². The standard InChI is InChI=1S/C3H6N6OS/c4-1-6-2(5)8-3(7-1)9-11-10/h10H,(H5,4,5,6,7,8,9). The minimum absolute atomic E-state index is 0.00838. The van der Waals surface area contributed by atoms with Crippen molar-refractivity contribution in [3.8, 4) is 0 Å². The average molecular weight is 174 g/mol. The monoisotopic (exact) mass is 174 g/mol. The number of nitrogen functional groups attached to an aromatic ring is 2. The number of hydrogen-bond acceptors (Lipinski definition) is 8. The summed E-state index contributed by atoms with van der Waals surface area (Å²) in [7, 11) is 0. The van der Waals surface area contributed by atoms with Gasteiger partial charge in [-0.1, -0.05) is 0 Å². The number of aromatic nitrogens is 3. The van der Waals surface area contributed by atoms with Crippen molar-refractivity contribution >= 4 is 30.1 Å². The van der Waals surface area contributed by atoms with E-state index in [-0.39, 0.29) is 17.8 Å². The second-order valence-corrected chi connectivity index (χ2v) is 1.96. The van der Waals surface area contributed by atoms with Crippen LogP contribution in [-0.4, -0.2) is 19.5 Å². The summed E-state index contributed by atoms with van der Waals surface area (Å²) in [5.74, 6) is 0.144. The maximum absolute atomic E-state index is 8.32. The molecule has 0 fully saturated rings. The van der Waals surface area contributed by atoms with Crippen LogP contribution in [0.3, 0.4) is 0 Å². The average Bonchev–Trinajstić information content (AvgIpc) is 1.85. The molecule has 0 aliphatic rings. The highest BCUT2D eigenvalue weighted by Gasteiger charge is 1.99. The molecular formula is C3H6N6OS. The van der Waals surface area contributed by atoms with E-state index in [1.54, 1.807) is 0 Å². The number of nitrogens with two attached hydrogens (primary N) is 2. The highest BCUT2D eigenvalue weighted by molar-refractivity contribution is 7.95. The number of nitrogens with zero attached hydrogens (tertiary/aromatic N) is 3. The van der Waals surface area contributed by atoms with Crippen molar-refractivity contribution in [3.05, 3.63) is 0 Å². The van der Waals surface area contributed by atoms with Crippen molar-refractivity contribution < 1.29 is 4.55 Å². The summed E-state index contributed by atoms with van der Waals surface area (Å²) in [6.45, 7) is 0. The molecule has 0 saturated carbocycles. The summed E-state index contributed by atoms with van der Waals surface area (Å²) in [6, 6.07) is 0. The highest BCUT2D eigenvalue weighted by atomic mass is 32.2. The van der Waals surface area contributed by atoms with Gasteiger partial charge in [0.25, 0.3) is 0 Å². The molecule has 60 valence electrons. The van der Waals surface area contributed by atoms with Crippen molar-refractivity contribution in [2.75, 3.05) is 16.2 Å². The zero-order valence-electron chi connectivity index (χ0n) is 5.35. The molecule has 0 aliphatic carbocycles. The Kier molecular flexibility index (Phi) is 2.28. The molecule has 1 rings (SSSR count). The van der Waals surface area contributed by atoms with Crippen LogP contribution in [0.15, 0.2) is 0 Å². The molecular weight excluding hydrogens is 168 g/mol. The summed E-state index contributed by atoms with van der Waals surface area (Å²) in [4.78, 5) is 10.7. The van der Waals surface area contributed by atoms with Gasteiger partial charge in [-0.2, -0.15) is 15.0 Å². The van der Waals surface area contributed by atoms with Gasteiger partial charge in [-0.05, 0) is 0 Å². The van der Waals surface area contributed by atoms with E-state index in [1.165, 1.54) is 0 Å². The van der Waals surface area contributed by atoms with Gasteiger partial charge in [0.15, 0.2) is 0 Å². The lowest BCUT2D eigenvalue weighted by Gasteiger charge is -1.99. The van der Waals surface area contributed by atoms with Crippen LogP contribution < -0.4 is 16.2 Å². The first kappa shape index (κ1) is 7.82. The van der Waals surface area contributed by atoms with Gasteiger partial charge < -0.3 is 16.0 Å². The topological polar surface area (TPSA) is 123 Å². The van der Waals surface area contributed by atoms with Crippen molar-refractivity contribution in [3.63, 3.8) is 0 Å². The normalized spacial score (nSPS) is 9.55. The predicted molar refractivity (Wildman–Crippen MR) is 42.5 cm³/mol. The second kappa shape index (κ2) is 3.21. The molecule has 0 unspecified atom stereocenters. The van der Waals surface area contributed by atoms with Crippen LogP contribution in [0.1, 0.15) is 0 Å². The first-order valence-corrected chi connectivity index (χ1v) is 3.33. The summed E-state index contributed by atoms with van der Waals surface area (Å²) >= 11 is 0.358. The smallest absolute Gasteiger partial charge is 0.241 e. The van der Waals surface area contributed by atoms with Gasteiger partial charge in [-0.3, -0.25) is 4.72 Å². The lowest BCUT2D eigenvalue weighted by Crippen LogP contribution is -2.05. The van der Waals surface area contributed by atoms with Crippen LogP contribution in [0.25, 0.3) is 0 Å². The number of hydrogen-bond donors (Lipinski definition) is 4. The molecule has 1 aromatic heterocycles. The summed E-state index contributed by atoms with van der Waals surface area (Å²) in [5.41, 5.74) is 10.4. The molecule has 1 heterocycles. The van der Waals surface area contributed by atoms with Crippen molar-refractivity contribution in [1.29, 1.82) is 0 Å². The van der Waals surface area contributed by atoms with E-state index in [9.17, 15) is 0 Å². The van der Waals surface area contributed by atoms with Crippen LogP contribution in [-0.2, 0) is 0 Å². The van der Waals surface area contributed by atoms with Gasteiger partial charge in [0.2, 0.25) is 17.8 Å². The molecule has 0 aromatic carbocycles. The molecule has 0 saturated heterocycles. The predicted octanol–water partition coefficient (Wildman–Crippen LogP) is -0.431. The third-order valence-corrected chi connectivity index (χ3v) is 1.08. The lowest BCUT2D eigenvalue weighted by atomic mass is 10.8. The van der Waals surface area contributed by atoms with E-state index in [4.69, 9.17) is 16.0 Å². The van der Waals surface area contributed by atoms with E-state index < -0.39 is 0 Å². The Morgan fingerprint density at radius 3 is 2.18 bits per heavy atom. The van der Waals surface area contributed by atoms with Crippen LogP contribution in [0.5, 0.6) is 0 Å². The Morgan fingerprint density at radius 1 is 1.18 bits per heavy atom. The highest BCUT2D eigenvalue weighted by Crippen LogP contribution is 2.06. The first-order valence-electron chi connectivity index (χ1n) is 2.56. The Labute approximate surface area is 66.6 Å². The fourth-order valence-electron chi connectivity index (χ4n) is 0.496. The molecule has 1 aromatic rings. The lowest BCUT2D eigenvalue weighted by molar-refractivity contribution is 0.668. The maximum atomic E-state index is 8.32. The molecule has 6 N–H and O–H groups in total. The largest absolute Gasteiger partial charge is 0.368 e. The van der Waals surface area contributed by atoms with Gasteiger partial charge in [0.1, 0.15) is 12.2 Å². The molecule has 0 radical (unpaired) electrons. The minimum atomic E-state index is 0.00838. The van der Waals surface area contributed by atoms with Crippen LogP contribution in [0, 0.1) is 0 Å².